The summed E-state index contributed by atoms with van der Waals surface area (Å²) in [4.78, 5) is 25.9. The Balaban J connectivity index is 2.08. The maximum Gasteiger partial charge on any atom is 0.323 e. The fourth-order valence-electron chi connectivity index (χ4n) is 3.01. The van der Waals surface area contributed by atoms with Gasteiger partial charge in [0.15, 0.2) is 0 Å². The molecule has 5 nitrogen and oxygen atoms in total. The number of rotatable bonds is 2. The summed E-state index contributed by atoms with van der Waals surface area (Å²) >= 11 is 1.22. The molecule has 0 radical (unpaired) electrons. The Morgan fingerprint density at radius 1 is 1.53 bits per heavy atom. The van der Waals surface area contributed by atoms with Crippen molar-refractivity contribution in [3.8, 4) is 0 Å². The predicted molar refractivity (Wildman–Crippen MR) is 63.4 cm³/mol. The van der Waals surface area contributed by atoms with Crippen molar-refractivity contribution < 1.29 is 9.90 Å². The molecule has 2 aliphatic rings. The number of hydrogen-bond acceptors (Lipinski definition) is 4. The molecule has 17 heavy (non-hydrogen) atoms. The smallest absolute Gasteiger partial charge is 0.323 e. The highest BCUT2D eigenvalue weighted by Gasteiger charge is 2.40. The van der Waals surface area contributed by atoms with Gasteiger partial charge in [0, 0.05) is 29.1 Å². The van der Waals surface area contributed by atoms with E-state index in [2.05, 4.69) is 11.9 Å². The van der Waals surface area contributed by atoms with Crippen molar-refractivity contribution in [1.29, 1.82) is 0 Å². The number of fused-ring (bicyclic) bond motifs is 4. The van der Waals surface area contributed by atoms with Crippen molar-refractivity contribution in [3.63, 3.8) is 0 Å². The number of hydrogen-bond donors (Lipinski definition) is 1. The van der Waals surface area contributed by atoms with Crippen molar-refractivity contribution in [1.82, 2.24) is 9.47 Å². The number of nitrogens with zero attached hydrogens (tertiary/aromatic N) is 2. The van der Waals surface area contributed by atoms with Crippen LogP contribution in [0, 0.1) is 0 Å². The molecule has 1 saturated heterocycles. The largest absolute Gasteiger partial charge is 0.480 e. The van der Waals surface area contributed by atoms with Gasteiger partial charge in [-0.05, 0) is 19.9 Å². The van der Waals surface area contributed by atoms with E-state index < -0.39 is 5.97 Å². The van der Waals surface area contributed by atoms with Crippen LogP contribution in [0.4, 0.5) is 0 Å². The van der Waals surface area contributed by atoms with Crippen molar-refractivity contribution in [2.45, 2.75) is 37.9 Å². The summed E-state index contributed by atoms with van der Waals surface area (Å²) in [5.74, 6) is -0.945. The molecule has 1 fully saturated rings. The Labute approximate surface area is 102 Å². The molecule has 0 spiro atoms. The molecule has 3 rings (SSSR count). The predicted octanol–water partition coefficient (Wildman–Crippen LogP) is 0.686. The summed E-state index contributed by atoms with van der Waals surface area (Å²) in [5.41, 5.74) is 0.966. The highest BCUT2D eigenvalue weighted by molar-refractivity contribution is 7.09. The first-order valence-corrected chi connectivity index (χ1v) is 6.55. The van der Waals surface area contributed by atoms with E-state index in [-0.39, 0.29) is 11.4 Å². The molecule has 2 unspecified atom stereocenters. The third-order valence-electron chi connectivity index (χ3n) is 3.89. The molecular formula is C11H14N2O3S. The van der Waals surface area contributed by atoms with E-state index in [0.717, 1.165) is 29.8 Å². The average molecular weight is 254 g/mol. The Hall–Kier alpha value is -1.14. The summed E-state index contributed by atoms with van der Waals surface area (Å²) in [5, 5.41) is 8.85. The van der Waals surface area contributed by atoms with Crippen LogP contribution >= 0.6 is 11.3 Å². The van der Waals surface area contributed by atoms with Crippen molar-refractivity contribution >= 4 is 17.3 Å². The van der Waals surface area contributed by atoms with Crippen LogP contribution in [0.25, 0.3) is 0 Å². The van der Waals surface area contributed by atoms with E-state index in [1.54, 1.807) is 0 Å². The lowest BCUT2D eigenvalue weighted by atomic mass is 10.1. The monoisotopic (exact) mass is 254 g/mol. The molecule has 2 atom stereocenters. The molecule has 2 bridgehead atoms. The van der Waals surface area contributed by atoms with Crippen LogP contribution in [0.3, 0.4) is 0 Å². The third kappa shape index (κ3) is 1.55. The second-order valence-electron chi connectivity index (χ2n) is 4.78. The topological polar surface area (TPSA) is 62.5 Å². The number of aromatic nitrogens is 1. The molecule has 1 N–H and O–H groups in total. The van der Waals surface area contributed by atoms with Crippen molar-refractivity contribution in [2.75, 3.05) is 7.05 Å². The summed E-state index contributed by atoms with van der Waals surface area (Å²) in [7, 11) is 2.09. The summed E-state index contributed by atoms with van der Waals surface area (Å²) in [6.07, 6.45) is 3.04. The normalized spacial score (nSPS) is 27.1. The van der Waals surface area contributed by atoms with Gasteiger partial charge in [0.1, 0.15) is 6.54 Å². The molecule has 2 aliphatic heterocycles. The first-order chi connectivity index (χ1) is 8.08. The SMILES string of the molecule is CN1C2CCC1c1sc(=O)n(CC(=O)O)c1C2. The first kappa shape index (κ1) is 11.0. The lowest BCUT2D eigenvalue weighted by molar-refractivity contribution is -0.137. The Morgan fingerprint density at radius 2 is 2.29 bits per heavy atom. The molecule has 1 aromatic rings. The van der Waals surface area contributed by atoms with Gasteiger partial charge in [-0.25, -0.2) is 0 Å². The van der Waals surface area contributed by atoms with Crippen LogP contribution in [0.5, 0.6) is 0 Å². The van der Waals surface area contributed by atoms with Gasteiger partial charge in [0.05, 0.1) is 0 Å². The third-order valence-corrected chi connectivity index (χ3v) is 5.02. The van der Waals surface area contributed by atoms with E-state index in [1.165, 1.54) is 15.9 Å². The number of carboxylic acids is 1. The maximum absolute atomic E-state index is 11.8. The first-order valence-electron chi connectivity index (χ1n) is 5.74. The van der Waals surface area contributed by atoms with Gasteiger partial charge in [-0.2, -0.15) is 0 Å². The van der Waals surface area contributed by atoms with E-state index in [0.29, 0.717) is 12.1 Å². The van der Waals surface area contributed by atoms with Crippen LogP contribution in [0.15, 0.2) is 4.79 Å². The van der Waals surface area contributed by atoms with Crippen LogP contribution < -0.4 is 4.87 Å². The standard InChI is InChI=1S/C11H14N2O3S/c1-12-6-2-3-7(12)10-8(4-6)13(5-9(14)15)11(16)17-10/h6-7H,2-5H2,1H3,(H,14,15). The second-order valence-corrected chi connectivity index (χ2v) is 5.77. The number of likely N-dealkylation sites (N-methyl/N-ethyl adjacent to an activating group) is 1. The van der Waals surface area contributed by atoms with Gasteiger partial charge in [0.2, 0.25) is 0 Å². The summed E-state index contributed by atoms with van der Waals surface area (Å²) in [6.45, 7) is -0.201. The molecule has 0 aliphatic carbocycles. The van der Waals surface area contributed by atoms with Gasteiger partial charge in [0.25, 0.3) is 0 Å². The number of thiazole rings is 1. The highest BCUT2D eigenvalue weighted by Crippen LogP contribution is 2.43. The summed E-state index contributed by atoms with van der Waals surface area (Å²) < 4.78 is 1.45. The molecule has 92 valence electrons. The average Bonchev–Trinajstić information content (AvgIpc) is 2.68. The molecule has 0 saturated carbocycles. The zero-order valence-electron chi connectivity index (χ0n) is 9.55. The molecule has 6 heteroatoms. The van der Waals surface area contributed by atoms with Gasteiger partial charge in [-0.1, -0.05) is 11.3 Å². The van der Waals surface area contributed by atoms with Gasteiger partial charge in [-0.15, -0.1) is 0 Å². The van der Waals surface area contributed by atoms with Gasteiger partial charge >= 0.3 is 10.8 Å². The minimum Gasteiger partial charge on any atom is -0.480 e. The molecule has 1 aromatic heterocycles. The Kier molecular flexibility index (Phi) is 2.38. The van der Waals surface area contributed by atoms with Crippen molar-refractivity contribution in [2.24, 2.45) is 0 Å². The van der Waals surface area contributed by atoms with E-state index in [1.807, 2.05) is 0 Å². The number of aliphatic carboxylic acids is 1. The highest BCUT2D eigenvalue weighted by atomic mass is 32.1. The van der Waals surface area contributed by atoms with Crippen LogP contribution in [-0.4, -0.2) is 33.6 Å². The molecule has 3 heterocycles. The molecular weight excluding hydrogens is 240 g/mol. The Morgan fingerprint density at radius 3 is 3.00 bits per heavy atom. The molecule has 0 amide bonds. The van der Waals surface area contributed by atoms with Crippen molar-refractivity contribution in [3.05, 3.63) is 20.2 Å². The summed E-state index contributed by atoms with van der Waals surface area (Å²) in [6, 6.07) is 0.804. The van der Waals surface area contributed by atoms with Crippen LogP contribution in [-0.2, 0) is 17.8 Å². The fraction of sp³-hybridized carbons (Fsp3) is 0.636. The van der Waals surface area contributed by atoms with E-state index in [4.69, 9.17) is 5.11 Å². The number of carbonyl (C=O) groups is 1. The lowest BCUT2D eigenvalue weighted by Gasteiger charge is -2.31. The quantitative estimate of drug-likeness (QED) is 0.843. The zero-order chi connectivity index (χ0) is 12.2. The fourth-order valence-corrected chi connectivity index (χ4v) is 4.22. The lowest BCUT2D eigenvalue weighted by Crippen LogP contribution is -2.35. The zero-order valence-corrected chi connectivity index (χ0v) is 10.4. The van der Waals surface area contributed by atoms with Crippen LogP contribution in [0.2, 0.25) is 0 Å². The van der Waals surface area contributed by atoms with E-state index >= 15 is 0 Å². The minimum atomic E-state index is -0.945. The van der Waals surface area contributed by atoms with Crippen LogP contribution in [0.1, 0.15) is 29.5 Å². The maximum atomic E-state index is 11.8. The van der Waals surface area contributed by atoms with Gasteiger partial charge in [-0.3, -0.25) is 19.1 Å². The Bertz CT molecular complexity index is 533. The van der Waals surface area contributed by atoms with E-state index in [9.17, 15) is 9.59 Å². The minimum absolute atomic E-state index is 0.127. The molecule has 0 aromatic carbocycles. The second kappa shape index (κ2) is 3.68. The van der Waals surface area contributed by atoms with Gasteiger partial charge < -0.3 is 5.11 Å². The number of carboxylic acid groups (broad SMARTS) is 1.